The summed E-state index contributed by atoms with van der Waals surface area (Å²) in [5.74, 6) is 0.665. The standard InChI is InChI=1S/C21H27FN6O/c22-18-6-1-2-7-19(18)28-12-4-5-17(15-28)25-21(29)24-16-9-13-27(14-10-16)20-8-3-11-23-26-20/h1-3,6-8,11,16-17H,4-5,9-10,12-15H2,(H2,24,25,29). The van der Waals surface area contributed by atoms with Gasteiger partial charge in [-0.2, -0.15) is 5.10 Å². The minimum Gasteiger partial charge on any atom is -0.367 e. The Morgan fingerprint density at radius 2 is 1.76 bits per heavy atom. The van der Waals surface area contributed by atoms with E-state index in [9.17, 15) is 9.18 Å². The van der Waals surface area contributed by atoms with E-state index in [1.165, 1.54) is 6.07 Å². The molecule has 154 valence electrons. The Hall–Kier alpha value is -2.90. The lowest BCUT2D eigenvalue weighted by molar-refractivity contribution is 0.228. The van der Waals surface area contributed by atoms with Gasteiger partial charge in [-0.25, -0.2) is 9.18 Å². The van der Waals surface area contributed by atoms with Crippen molar-refractivity contribution in [1.82, 2.24) is 20.8 Å². The molecule has 8 heteroatoms. The fourth-order valence-electron chi connectivity index (χ4n) is 4.15. The molecule has 29 heavy (non-hydrogen) atoms. The van der Waals surface area contributed by atoms with Crippen LogP contribution in [0.4, 0.5) is 20.7 Å². The van der Waals surface area contributed by atoms with Crippen LogP contribution in [0.5, 0.6) is 0 Å². The van der Waals surface area contributed by atoms with E-state index in [1.54, 1.807) is 18.3 Å². The Labute approximate surface area is 170 Å². The van der Waals surface area contributed by atoms with E-state index < -0.39 is 0 Å². The highest BCUT2D eigenvalue weighted by Gasteiger charge is 2.25. The highest BCUT2D eigenvalue weighted by molar-refractivity contribution is 5.74. The number of anilines is 2. The fourth-order valence-corrected chi connectivity index (χ4v) is 4.15. The van der Waals surface area contributed by atoms with Gasteiger partial charge < -0.3 is 20.4 Å². The Morgan fingerprint density at radius 3 is 2.52 bits per heavy atom. The second kappa shape index (κ2) is 9.07. The van der Waals surface area contributed by atoms with Crippen molar-refractivity contribution < 1.29 is 9.18 Å². The van der Waals surface area contributed by atoms with Crippen LogP contribution in [0, 0.1) is 5.82 Å². The van der Waals surface area contributed by atoms with Crippen molar-refractivity contribution in [3.8, 4) is 0 Å². The zero-order valence-electron chi connectivity index (χ0n) is 16.4. The number of carbonyl (C=O) groups excluding carboxylic acids is 1. The number of nitrogens with one attached hydrogen (secondary N) is 2. The number of amides is 2. The van der Waals surface area contributed by atoms with Gasteiger partial charge in [0.15, 0.2) is 5.82 Å². The van der Waals surface area contributed by atoms with E-state index >= 15 is 0 Å². The first kappa shape index (κ1) is 19.4. The van der Waals surface area contributed by atoms with Crippen LogP contribution in [0.2, 0.25) is 0 Å². The van der Waals surface area contributed by atoms with Crippen molar-refractivity contribution in [1.29, 1.82) is 0 Å². The maximum Gasteiger partial charge on any atom is 0.315 e. The van der Waals surface area contributed by atoms with E-state index in [1.807, 2.05) is 23.1 Å². The predicted molar refractivity (Wildman–Crippen MR) is 111 cm³/mol. The summed E-state index contributed by atoms with van der Waals surface area (Å²) in [7, 11) is 0. The van der Waals surface area contributed by atoms with Crippen molar-refractivity contribution in [2.24, 2.45) is 0 Å². The summed E-state index contributed by atoms with van der Waals surface area (Å²) in [6, 6.07) is 10.7. The Bertz CT molecular complexity index is 812. The summed E-state index contributed by atoms with van der Waals surface area (Å²) in [5.41, 5.74) is 0.607. The quantitative estimate of drug-likeness (QED) is 0.828. The van der Waals surface area contributed by atoms with Crippen LogP contribution in [-0.4, -0.2) is 54.5 Å². The van der Waals surface area contributed by atoms with E-state index in [0.29, 0.717) is 12.2 Å². The SMILES string of the molecule is O=C(NC1CCN(c2cccnn2)CC1)NC1CCCN(c2ccccc2F)C1. The van der Waals surface area contributed by atoms with Gasteiger partial charge in [-0.1, -0.05) is 12.1 Å². The van der Waals surface area contributed by atoms with Gasteiger partial charge in [0.2, 0.25) is 0 Å². The summed E-state index contributed by atoms with van der Waals surface area (Å²) >= 11 is 0. The van der Waals surface area contributed by atoms with Gasteiger partial charge in [-0.3, -0.25) is 0 Å². The molecule has 0 spiro atoms. The largest absolute Gasteiger partial charge is 0.367 e. The molecular formula is C21H27FN6O. The van der Waals surface area contributed by atoms with Crippen molar-refractivity contribution in [2.45, 2.75) is 37.8 Å². The predicted octanol–water partition coefficient (Wildman–Crippen LogP) is 2.55. The minimum atomic E-state index is -0.215. The first-order valence-electron chi connectivity index (χ1n) is 10.3. The van der Waals surface area contributed by atoms with Crippen LogP contribution in [0.15, 0.2) is 42.6 Å². The number of carbonyl (C=O) groups is 1. The summed E-state index contributed by atoms with van der Waals surface area (Å²) in [6.07, 6.45) is 5.24. The third kappa shape index (κ3) is 4.93. The van der Waals surface area contributed by atoms with Gasteiger partial charge in [0.1, 0.15) is 5.82 Å². The monoisotopic (exact) mass is 398 g/mol. The van der Waals surface area contributed by atoms with Crippen LogP contribution < -0.4 is 20.4 Å². The van der Waals surface area contributed by atoms with Crippen molar-refractivity contribution in [3.05, 3.63) is 48.4 Å². The van der Waals surface area contributed by atoms with E-state index in [2.05, 4.69) is 25.7 Å². The molecule has 2 aliphatic heterocycles. The topological polar surface area (TPSA) is 73.4 Å². The van der Waals surface area contributed by atoms with Crippen LogP contribution in [0.25, 0.3) is 0 Å². The number of hydrogen-bond donors (Lipinski definition) is 2. The van der Waals surface area contributed by atoms with Crippen molar-refractivity contribution in [2.75, 3.05) is 36.0 Å². The average Bonchev–Trinajstić information content (AvgIpc) is 2.75. The lowest BCUT2D eigenvalue weighted by Crippen LogP contribution is -2.54. The molecule has 1 atom stereocenters. The lowest BCUT2D eigenvalue weighted by atomic mass is 10.0. The molecule has 2 saturated heterocycles. The molecule has 1 aromatic heterocycles. The van der Waals surface area contributed by atoms with Crippen LogP contribution in [-0.2, 0) is 0 Å². The minimum absolute atomic E-state index is 0.0167. The smallest absolute Gasteiger partial charge is 0.315 e. The van der Waals surface area contributed by atoms with Gasteiger partial charge in [-0.15, -0.1) is 5.10 Å². The normalized spacial score (nSPS) is 20.4. The molecule has 3 heterocycles. The Morgan fingerprint density at radius 1 is 0.966 bits per heavy atom. The van der Waals surface area contributed by atoms with Gasteiger partial charge in [0.05, 0.1) is 5.69 Å². The molecule has 1 aromatic carbocycles. The van der Waals surface area contributed by atoms with Gasteiger partial charge in [-0.05, 0) is 49.9 Å². The maximum atomic E-state index is 14.1. The van der Waals surface area contributed by atoms with Crippen LogP contribution in [0.3, 0.4) is 0 Å². The second-order valence-electron chi connectivity index (χ2n) is 7.70. The summed E-state index contributed by atoms with van der Waals surface area (Å²) in [5, 5.41) is 14.3. The summed E-state index contributed by atoms with van der Waals surface area (Å²) in [4.78, 5) is 16.7. The number of nitrogens with zero attached hydrogens (tertiary/aromatic N) is 4. The number of para-hydroxylation sites is 1. The number of rotatable bonds is 4. The number of piperidine rings is 2. The molecule has 4 rings (SSSR count). The van der Waals surface area contributed by atoms with Crippen LogP contribution in [0.1, 0.15) is 25.7 Å². The molecule has 2 amide bonds. The Kier molecular flexibility index (Phi) is 6.07. The van der Waals surface area contributed by atoms with Gasteiger partial charge in [0.25, 0.3) is 0 Å². The molecule has 0 bridgehead atoms. The number of aromatic nitrogens is 2. The lowest BCUT2D eigenvalue weighted by Gasteiger charge is -2.36. The fraction of sp³-hybridized carbons (Fsp3) is 0.476. The third-order valence-corrected chi connectivity index (χ3v) is 5.66. The van der Waals surface area contributed by atoms with Crippen molar-refractivity contribution >= 4 is 17.5 Å². The highest BCUT2D eigenvalue weighted by atomic mass is 19.1. The van der Waals surface area contributed by atoms with Crippen molar-refractivity contribution in [3.63, 3.8) is 0 Å². The molecule has 1 unspecified atom stereocenters. The van der Waals surface area contributed by atoms with E-state index in [0.717, 1.165) is 51.1 Å². The molecular weight excluding hydrogens is 371 g/mol. The molecule has 0 saturated carbocycles. The molecule has 0 radical (unpaired) electrons. The molecule has 7 nitrogen and oxygen atoms in total. The number of halogens is 1. The molecule has 2 N–H and O–H groups in total. The third-order valence-electron chi connectivity index (χ3n) is 5.66. The average molecular weight is 398 g/mol. The summed E-state index contributed by atoms with van der Waals surface area (Å²) in [6.45, 7) is 3.11. The maximum absolute atomic E-state index is 14.1. The van der Waals surface area contributed by atoms with Gasteiger partial charge >= 0.3 is 6.03 Å². The first-order chi connectivity index (χ1) is 14.2. The first-order valence-corrected chi connectivity index (χ1v) is 10.3. The van der Waals surface area contributed by atoms with E-state index in [4.69, 9.17) is 0 Å². The molecule has 2 fully saturated rings. The molecule has 0 aliphatic carbocycles. The zero-order valence-corrected chi connectivity index (χ0v) is 16.4. The zero-order chi connectivity index (χ0) is 20.1. The Balaban J connectivity index is 1.24. The number of hydrogen-bond acceptors (Lipinski definition) is 5. The number of benzene rings is 1. The van der Waals surface area contributed by atoms with E-state index in [-0.39, 0.29) is 23.9 Å². The summed E-state index contributed by atoms with van der Waals surface area (Å²) < 4.78 is 14.1. The van der Waals surface area contributed by atoms with Crippen LogP contribution >= 0.6 is 0 Å². The second-order valence-corrected chi connectivity index (χ2v) is 7.70. The number of urea groups is 1. The molecule has 2 aromatic rings. The highest BCUT2D eigenvalue weighted by Crippen LogP contribution is 2.23. The molecule has 2 aliphatic rings. The van der Waals surface area contributed by atoms with Gasteiger partial charge in [0, 0.05) is 44.5 Å².